The highest BCUT2D eigenvalue weighted by molar-refractivity contribution is 7.84. The zero-order valence-electron chi connectivity index (χ0n) is 19.7. The second-order valence-corrected chi connectivity index (χ2v) is 10.1. The van der Waals surface area contributed by atoms with Crippen LogP contribution in [0.15, 0.2) is 66.9 Å². The Hall–Kier alpha value is -3.69. The van der Waals surface area contributed by atoms with Gasteiger partial charge >= 0.3 is 6.18 Å². The minimum absolute atomic E-state index is 0.604. The summed E-state index contributed by atoms with van der Waals surface area (Å²) >= 11 is 0. The van der Waals surface area contributed by atoms with Gasteiger partial charge in [0.1, 0.15) is 0 Å². The largest absolute Gasteiger partial charge is 0.748 e. The average molecular weight is 513 g/mol. The molecular weight excluding hydrogens is 489 g/mol. The van der Waals surface area contributed by atoms with Gasteiger partial charge in [-0.15, -0.1) is 0 Å². The fourth-order valence-electron chi connectivity index (χ4n) is 4.16. The maximum absolute atomic E-state index is 13.2. The molecule has 5 nitrogen and oxygen atoms in total. The van der Waals surface area contributed by atoms with Gasteiger partial charge in [-0.3, -0.25) is 0 Å². The van der Waals surface area contributed by atoms with E-state index in [4.69, 9.17) is 13.0 Å². The van der Waals surface area contributed by atoms with Gasteiger partial charge < -0.3 is 9.54 Å². The average Bonchev–Trinajstić information content (AvgIpc) is 3.37. The van der Waals surface area contributed by atoms with Crippen LogP contribution in [0.2, 0.25) is 0 Å². The lowest BCUT2D eigenvalue weighted by Gasteiger charge is -2.13. The summed E-state index contributed by atoms with van der Waals surface area (Å²) in [5.41, 5.74) is 8.14. The van der Waals surface area contributed by atoms with E-state index in [1.165, 1.54) is 0 Å². The number of H-pyrrole nitrogens is 1. The van der Waals surface area contributed by atoms with E-state index in [1.807, 2.05) is 50.5 Å². The number of alkyl halides is 3. The van der Waals surface area contributed by atoms with Crippen LogP contribution in [0.1, 0.15) is 33.4 Å². The minimum atomic E-state index is -4.37. The summed E-state index contributed by atoms with van der Waals surface area (Å²) in [7, 11) is -3.92. The number of aryl methyl sites for hydroxylation is 2. The minimum Gasteiger partial charge on any atom is -0.748 e. The van der Waals surface area contributed by atoms with Crippen molar-refractivity contribution in [3.63, 3.8) is 0 Å². The van der Waals surface area contributed by atoms with Gasteiger partial charge in [0, 0.05) is 40.6 Å². The lowest BCUT2D eigenvalue weighted by molar-refractivity contribution is -0.342. The van der Waals surface area contributed by atoms with E-state index >= 15 is 0 Å². The Labute approximate surface area is 206 Å². The third-order valence-corrected chi connectivity index (χ3v) is 5.71. The van der Waals surface area contributed by atoms with Gasteiger partial charge in [-0.25, -0.2) is 13.4 Å². The van der Waals surface area contributed by atoms with Crippen molar-refractivity contribution in [3.8, 4) is 0 Å². The van der Waals surface area contributed by atoms with Crippen LogP contribution in [0, 0.1) is 13.8 Å². The van der Waals surface area contributed by atoms with E-state index in [9.17, 15) is 13.2 Å². The van der Waals surface area contributed by atoms with Gasteiger partial charge in [0.25, 0.3) is 0 Å². The third-order valence-electron chi connectivity index (χ3n) is 5.71. The molecule has 1 aromatic heterocycles. The number of benzene rings is 3. The first kappa shape index (κ1) is 25.4. The fraction of sp³-hybridized carbons (Fsp3) is 0.148. The highest BCUT2D eigenvalue weighted by Crippen LogP contribution is 2.39. The normalized spacial score (nSPS) is 14.4. The zero-order chi connectivity index (χ0) is 26.3. The van der Waals surface area contributed by atoms with Crippen LogP contribution in [0.5, 0.6) is 0 Å². The standard InChI is InChI=1S/C26H19F3N2.CH4O3S/c1-15-3-9-23-19(11-15)21(13-30-23)25(17-5-7-18(8-6-17)26(27,28)29)22-14-31-24-10-4-16(2)12-20(22)24;1-5(2,3)4/h3-14,30H,1-2H3;1H3,(H,2,3,4). The molecule has 0 spiro atoms. The number of rotatable bonds is 2. The summed E-state index contributed by atoms with van der Waals surface area (Å²) in [4.78, 5) is 6.62. The maximum atomic E-state index is 13.2. The van der Waals surface area contributed by atoms with Crippen molar-refractivity contribution in [1.82, 2.24) is 4.98 Å². The summed E-state index contributed by atoms with van der Waals surface area (Å²) in [5, 5.41) is 1.04. The molecule has 4 aromatic rings. The van der Waals surface area contributed by atoms with Crippen molar-refractivity contribution in [1.29, 1.82) is 0 Å². The summed E-state index contributed by atoms with van der Waals surface area (Å²) in [6.07, 6.45) is 0.110. The maximum Gasteiger partial charge on any atom is 0.416 e. The Morgan fingerprint density at radius 3 is 2.19 bits per heavy atom. The van der Waals surface area contributed by atoms with Crippen LogP contribution < -0.4 is 4.99 Å². The number of fused-ring (bicyclic) bond motifs is 2. The number of hydrogen-bond acceptors (Lipinski definition) is 3. The molecule has 0 fully saturated rings. The molecule has 36 heavy (non-hydrogen) atoms. The second-order valence-electron chi connectivity index (χ2n) is 8.66. The molecule has 0 atom stereocenters. The van der Waals surface area contributed by atoms with Crippen molar-refractivity contribution < 1.29 is 31.1 Å². The lowest BCUT2D eigenvalue weighted by atomic mass is 9.89. The molecule has 186 valence electrons. The van der Waals surface area contributed by atoms with Crippen molar-refractivity contribution >= 4 is 44.1 Å². The monoisotopic (exact) mass is 512 g/mol. The molecule has 0 amide bonds. The van der Waals surface area contributed by atoms with Crippen LogP contribution in [0.25, 0.3) is 22.0 Å². The number of allylic oxidation sites excluding steroid dienone is 1. The third kappa shape index (κ3) is 5.58. The van der Waals surface area contributed by atoms with Crippen molar-refractivity contribution in [3.05, 3.63) is 100 Å². The lowest BCUT2D eigenvalue weighted by Crippen LogP contribution is -2.58. The first-order valence-corrected chi connectivity index (χ1v) is 12.7. The molecule has 9 heteroatoms. The number of halogens is 3. The Morgan fingerprint density at radius 1 is 0.944 bits per heavy atom. The quantitative estimate of drug-likeness (QED) is 0.381. The zero-order valence-corrected chi connectivity index (χ0v) is 20.5. The fourth-order valence-corrected chi connectivity index (χ4v) is 4.16. The molecule has 2 N–H and O–H groups in total. The van der Waals surface area contributed by atoms with E-state index in [0.717, 1.165) is 67.7 Å². The van der Waals surface area contributed by atoms with Gasteiger partial charge in [-0.05, 0) is 49.7 Å². The predicted octanol–water partition coefficient (Wildman–Crippen LogP) is 4.72. The van der Waals surface area contributed by atoms with E-state index in [1.54, 1.807) is 12.1 Å². The van der Waals surface area contributed by atoms with Crippen LogP contribution in [-0.2, 0) is 16.3 Å². The number of aromatic nitrogens is 1. The molecule has 5 rings (SSSR count). The second kappa shape index (κ2) is 9.40. The number of nitrogens with one attached hydrogen (secondary N) is 2. The first-order valence-electron chi connectivity index (χ1n) is 10.9. The van der Waals surface area contributed by atoms with Crippen LogP contribution in [0.3, 0.4) is 0 Å². The molecule has 0 saturated heterocycles. The first-order chi connectivity index (χ1) is 16.8. The molecule has 0 bridgehead atoms. The SMILES string of the molecule is CS(=O)(=O)[O-].Cc1ccc2c(c1)C(=C(c1ccc(C(F)(F)F)cc1)c1c[nH]c3ccc(C)cc13)C=[NH+]2. The summed E-state index contributed by atoms with van der Waals surface area (Å²) < 4.78 is 66.7. The molecule has 0 unspecified atom stereocenters. The Bertz CT molecular complexity index is 1610. The topological polar surface area (TPSA) is 87.0 Å². The highest BCUT2D eigenvalue weighted by Gasteiger charge is 2.31. The van der Waals surface area contributed by atoms with Gasteiger partial charge in [0.05, 0.1) is 26.8 Å². The van der Waals surface area contributed by atoms with Crippen molar-refractivity contribution in [2.24, 2.45) is 0 Å². The van der Waals surface area contributed by atoms with Crippen molar-refractivity contribution in [2.75, 3.05) is 6.26 Å². The Balaban J connectivity index is 0.000000556. The Kier molecular flexibility index (Phi) is 6.64. The van der Waals surface area contributed by atoms with Gasteiger partial charge in [-0.2, -0.15) is 13.2 Å². The summed E-state index contributed by atoms with van der Waals surface area (Å²) in [5.74, 6) is 0. The van der Waals surface area contributed by atoms with Gasteiger partial charge in [-0.1, -0.05) is 35.4 Å². The van der Waals surface area contributed by atoms with Crippen LogP contribution >= 0.6 is 0 Å². The highest BCUT2D eigenvalue weighted by atomic mass is 32.2. The number of aromatic amines is 1. The molecule has 3 aromatic carbocycles. The summed E-state index contributed by atoms with van der Waals surface area (Å²) in [6.45, 7) is 4.06. The van der Waals surface area contributed by atoms with Crippen LogP contribution in [-0.4, -0.2) is 30.4 Å². The molecular formula is C27H23F3N2O3S. The number of hydrogen-bond donors (Lipinski definition) is 2. The van der Waals surface area contributed by atoms with Crippen LogP contribution in [0.4, 0.5) is 18.9 Å². The Morgan fingerprint density at radius 2 is 1.56 bits per heavy atom. The predicted molar refractivity (Wildman–Crippen MR) is 134 cm³/mol. The van der Waals surface area contributed by atoms with E-state index in [0.29, 0.717) is 6.26 Å². The molecule has 1 aliphatic heterocycles. The van der Waals surface area contributed by atoms with E-state index in [2.05, 4.69) is 22.1 Å². The van der Waals surface area contributed by atoms with Crippen molar-refractivity contribution in [2.45, 2.75) is 20.0 Å². The van der Waals surface area contributed by atoms with E-state index < -0.39 is 21.9 Å². The molecule has 0 saturated carbocycles. The smallest absolute Gasteiger partial charge is 0.416 e. The molecule has 0 radical (unpaired) electrons. The summed E-state index contributed by atoms with van der Waals surface area (Å²) in [6, 6.07) is 17.7. The van der Waals surface area contributed by atoms with Gasteiger partial charge in [0.15, 0.2) is 6.21 Å². The van der Waals surface area contributed by atoms with E-state index in [-0.39, 0.29) is 0 Å². The molecule has 2 heterocycles. The van der Waals surface area contributed by atoms with Gasteiger partial charge in [0.2, 0.25) is 5.69 Å². The molecule has 0 aliphatic carbocycles. The molecule has 1 aliphatic rings.